The highest BCUT2D eigenvalue weighted by Crippen LogP contribution is 2.12. The van der Waals surface area contributed by atoms with E-state index in [1.807, 2.05) is 19.9 Å². The standard InChI is InChI=1S/C8H13Cl/c1-4-8(9)6-5-7(2)3/h4H,2,5-6H2,1,3H3/b8-4+. The van der Waals surface area contributed by atoms with E-state index in [-0.39, 0.29) is 0 Å². The van der Waals surface area contributed by atoms with Crippen LogP contribution in [0.2, 0.25) is 0 Å². The summed E-state index contributed by atoms with van der Waals surface area (Å²) in [5.41, 5.74) is 1.19. The van der Waals surface area contributed by atoms with Crippen molar-refractivity contribution in [3.05, 3.63) is 23.3 Å². The zero-order valence-corrected chi connectivity index (χ0v) is 6.83. The molecule has 0 aromatic rings. The van der Waals surface area contributed by atoms with Gasteiger partial charge in [0.05, 0.1) is 0 Å². The predicted molar refractivity (Wildman–Crippen MR) is 43.7 cm³/mol. The molecular formula is C8H13Cl. The van der Waals surface area contributed by atoms with Gasteiger partial charge in [-0.25, -0.2) is 0 Å². The lowest BCUT2D eigenvalue weighted by Gasteiger charge is -1.95. The first-order valence-electron chi connectivity index (χ1n) is 3.12. The monoisotopic (exact) mass is 144 g/mol. The molecule has 0 atom stereocenters. The van der Waals surface area contributed by atoms with E-state index in [1.54, 1.807) is 0 Å². The molecule has 0 aromatic carbocycles. The van der Waals surface area contributed by atoms with Crippen molar-refractivity contribution in [1.82, 2.24) is 0 Å². The van der Waals surface area contributed by atoms with Crippen LogP contribution in [0.5, 0.6) is 0 Å². The molecule has 0 saturated heterocycles. The minimum absolute atomic E-state index is 0.929. The molecule has 0 heterocycles. The zero-order chi connectivity index (χ0) is 7.28. The van der Waals surface area contributed by atoms with Crippen LogP contribution in [0.25, 0.3) is 0 Å². The Morgan fingerprint density at radius 2 is 2.11 bits per heavy atom. The van der Waals surface area contributed by atoms with Gasteiger partial charge in [0.15, 0.2) is 0 Å². The second-order valence-corrected chi connectivity index (χ2v) is 2.68. The molecule has 0 rings (SSSR count). The van der Waals surface area contributed by atoms with Crippen molar-refractivity contribution in [2.24, 2.45) is 0 Å². The molecule has 0 N–H and O–H groups in total. The van der Waals surface area contributed by atoms with E-state index < -0.39 is 0 Å². The molecule has 1 heteroatoms. The first kappa shape index (κ1) is 8.77. The van der Waals surface area contributed by atoms with Crippen LogP contribution in [0.4, 0.5) is 0 Å². The Morgan fingerprint density at radius 1 is 1.56 bits per heavy atom. The molecule has 0 spiro atoms. The number of hydrogen-bond donors (Lipinski definition) is 0. The molecule has 0 amide bonds. The molecule has 0 nitrogen and oxygen atoms in total. The van der Waals surface area contributed by atoms with E-state index in [9.17, 15) is 0 Å². The van der Waals surface area contributed by atoms with Crippen LogP contribution in [-0.4, -0.2) is 0 Å². The van der Waals surface area contributed by atoms with Crippen molar-refractivity contribution in [1.29, 1.82) is 0 Å². The third-order valence-electron chi connectivity index (χ3n) is 1.10. The fraction of sp³-hybridized carbons (Fsp3) is 0.500. The van der Waals surface area contributed by atoms with Crippen molar-refractivity contribution in [2.45, 2.75) is 26.7 Å². The molecule has 0 saturated carbocycles. The molecule has 0 fully saturated rings. The lowest BCUT2D eigenvalue weighted by atomic mass is 10.2. The maximum Gasteiger partial charge on any atom is 0.0141 e. The zero-order valence-electron chi connectivity index (χ0n) is 6.08. The van der Waals surface area contributed by atoms with Gasteiger partial charge in [-0.3, -0.25) is 0 Å². The minimum Gasteiger partial charge on any atom is -0.100 e. The van der Waals surface area contributed by atoms with E-state index in [0.717, 1.165) is 17.9 Å². The Balaban J connectivity index is 3.39. The highest BCUT2D eigenvalue weighted by atomic mass is 35.5. The molecule has 52 valence electrons. The second-order valence-electron chi connectivity index (χ2n) is 2.19. The van der Waals surface area contributed by atoms with E-state index in [1.165, 1.54) is 5.57 Å². The molecule has 0 aliphatic rings. The van der Waals surface area contributed by atoms with Crippen LogP contribution in [0.3, 0.4) is 0 Å². The topological polar surface area (TPSA) is 0 Å². The molecule has 0 aliphatic carbocycles. The van der Waals surface area contributed by atoms with E-state index in [2.05, 4.69) is 6.58 Å². The summed E-state index contributed by atoms with van der Waals surface area (Å²) in [4.78, 5) is 0. The molecule has 0 unspecified atom stereocenters. The first-order valence-corrected chi connectivity index (χ1v) is 3.49. The third-order valence-corrected chi connectivity index (χ3v) is 1.51. The van der Waals surface area contributed by atoms with Crippen LogP contribution in [0, 0.1) is 0 Å². The number of hydrogen-bond acceptors (Lipinski definition) is 0. The van der Waals surface area contributed by atoms with Gasteiger partial charge in [-0.15, -0.1) is 6.58 Å². The van der Waals surface area contributed by atoms with Gasteiger partial charge >= 0.3 is 0 Å². The van der Waals surface area contributed by atoms with Gasteiger partial charge in [0, 0.05) is 5.03 Å². The quantitative estimate of drug-likeness (QED) is 0.532. The normalized spacial score (nSPS) is 11.7. The van der Waals surface area contributed by atoms with Crippen LogP contribution in [0.1, 0.15) is 26.7 Å². The average molecular weight is 145 g/mol. The maximum absolute atomic E-state index is 5.73. The Kier molecular flexibility index (Phi) is 4.51. The van der Waals surface area contributed by atoms with Crippen LogP contribution in [-0.2, 0) is 0 Å². The van der Waals surface area contributed by atoms with Crippen LogP contribution < -0.4 is 0 Å². The summed E-state index contributed by atoms with van der Waals surface area (Å²) in [7, 11) is 0. The van der Waals surface area contributed by atoms with Crippen molar-refractivity contribution in [2.75, 3.05) is 0 Å². The Morgan fingerprint density at radius 3 is 2.44 bits per heavy atom. The van der Waals surface area contributed by atoms with Crippen molar-refractivity contribution >= 4 is 11.6 Å². The van der Waals surface area contributed by atoms with E-state index in [0.29, 0.717) is 0 Å². The fourth-order valence-electron chi connectivity index (χ4n) is 0.477. The summed E-state index contributed by atoms with van der Waals surface area (Å²) in [6.07, 6.45) is 3.86. The Hall–Kier alpha value is -0.230. The summed E-state index contributed by atoms with van der Waals surface area (Å²) >= 11 is 5.73. The van der Waals surface area contributed by atoms with Gasteiger partial charge < -0.3 is 0 Å². The van der Waals surface area contributed by atoms with Gasteiger partial charge in [0.1, 0.15) is 0 Å². The number of rotatable bonds is 3. The molecular weight excluding hydrogens is 132 g/mol. The summed E-state index contributed by atoms with van der Waals surface area (Å²) in [5, 5.41) is 0.929. The highest BCUT2D eigenvalue weighted by molar-refractivity contribution is 6.29. The molecule has 0 bridgehead atoms. The number of halogens is 1. The highest BCUT2D eigenvalue weighted by Gasteiger charge is 1.89. The summed E-state index contributed by atoms with van der Waals surface area (Å²) in [5.74, 6) is 0. The van der Waals surface area contributed by atoms with Gasteiger partial charge in [0.2, 0.25) is 0 Å². The molecule has 0 radical (unpaired) electrons. The minimum atomic E-state index is 0.929. The third kappa shape index (κ3) is 5.64. The SMILES string of the molecule is C=C(C)CC/C(Cl)=C\C. The molecule has 9 heavy (non-hydrogen) atoms. The van der Waals surface area contributed by atoms with Crippen molar-refractivity contribution < 1.29 is 0 Å². The maximum atomic E-state index is 5.73. The Labute approximate surface area is 62.2 Å². The van der Waals surface area contributed by atoms with E-state index >= 15 is 0 Å². The van der Waals surface area contributed by atoms with E-state index in [4.69, 9.17) is 11.6 Å². The summed E-state index contributed by atoms with van der Waals surface area (Å²) in [6.45, 7) is 7.73. The molecule has 0 aromatic heterocycles. The average Bonchev–Trinajstić information content (AvgIpc) is 1.83. The van der Waals surface area contributed by atoms with Gasteiger partial charge in [-0.1, -0.05) is 23.3 Å². The predicted octanol–water partition coefficient (Wildman–Crippen LogP) is 3.49. The van der Waals surface area contributed by atoms with Gasteiger partial charge in [-0.05, 0) is 26.7 Å². The first-order chi connectivity index (χ1) is 4.16. The van der Waals surface area contributed by atoms with Gasteiger partial charge in [0.25, 0.3) is 0 Å². The smallest absolute Gasteiger partial charge is 0.0141 e. The Bertz CT molecular complexity index is 123. The number of allylic oxidation sites excluding steroid dienone is 3. The lowest BCUT2D eigenvalue weighted by molar-refractivity contribution is 0.968. The lowest BCUT2D eigenvalue weighted by Crippen LogP contribution is -1.75. The van der Waals surface area contributed by atoms with Crippen molar-refractivity contribution in [3.63, 3.8) is 0 Å². The van der Waals surface area contributed by atoms with Crippen molar-refractivity contribution in [3.8, 4) is 0 Å². The largest absolute Gasteiger partial charge is 0.100 e. The van der Waals surface area contributed by atoms with Crippen LogP contribution in [0.15, 0.2) is 23.3 Å². The summed E-state index contributed by atoms with van der Waals surface area (Å²) in [6, 6.07) is 0. The summed E-state index contributed by atoms with van der Waals surface area (Å²) < 4.78 is 0. The van der Waals surface area contributed by atoms with Crippen LogP contribution >= 0.6 is 11.6 Å². The van der Waals surface area contributed by atoms with Gasteiger partial charge in [-0.2, -0.15) is 0 Å². The molecule has 0 aliphatic heterocycles. The fourth-order valence-corrected chi connectivity index (χ4v) is 0.572. The second kappa shape index (κ2) is 4.63.